The lowest BCUT2D eigenvalue weighted by Crippen LogP contribution is -2.28. The molecule has 0 spiro atoms. The summed E-state index contributed by atoms with van der Waals surface area (Å²) in [6, 6.07) is 96.0. The standard InChI is InChI=1S/C63H43N/c1-3-20-45(21-4-1)54-37-17-24-46-25-18-38-58(62(46)54)57-35-11-14-41-61(57)64(50-30-15-26-47(42-50)53-36-16-23-44-22-7-8-32-52(44)53)51-31-19-29-49(43-51)63(48-27-5-2-6-28-48)59-39-12-9-33-55(59)56-34-10-13-40-60(56)63/h1-43H. The van der Waals surface area contributed by atoms with Gasteiger partial charge in [0.25, 0.3) is 0 Å². The minimum absolute atomic E-state index is 0.541. The molecule has 0 saturated heterocycles. The Labute approximate surface area is 374 Å². The first kappa shape index (κ1) is 37.5. The number of para-hydroxylation sites is 1. The van der Waals surface area contributed by atoms with Crippen LogP contribution in [0.25, 0.3) is 66.1 Å². The average Bonchev–Trinajstić information content (AvgIpc) is 3.68. The van der Waals surface area contributed by atoms with Gasteiger partial charge in [-0.3, -0.25) is 0 Å². The molecule has 0 radical (unpaired) electrons. The molecule has 300 valence electrons. The molecule has 1 heteroatoms. The SMILES string of the molecule is c1ccc(-c2cccc3cccc(-c4ccccc4N(c4cccc(-c5cccc6ccccc56)c4)c4cccc(C5(c6ccccc6)c6ccccc6-c6ccccc65)c4)c23)cc1. The summed E-state index contributed by atoms with van der Waals surface area (Å²) in [6.07, 6.45) is 0. The smallest absolute Gasteiger partial charge is 0.0714 e. The lowest BCUT2D eigenvalue weighted by molar-refractivity contribution is 0.768. The van der Waals surface area contributed by atoms with Crippen LogP contribution in [0, 0.1) is 0 Å². The summed E-state index contributed by atoms with van der Waals surface area (Å²) >= 11 is 0. The van der Waals surface area contributed by atoms with E-state index in [1.807, 2.05) is 0 Å². The highest BCUT2D eigenvalue weighted by Gasteiger charge is 2.46. The third kappa shape index (κ3) is 6.01. The summed E-state index contributed by atoms with van der Waals surface area (Å²) in [7, 11) is 0. The molecule has 0 heterocycles. The van der Waals surface area contributed by atoms with Crippen LogP contribution in [0.2, 0.25) is 0 Å². The fourth-order valence-electron chi connectivity index (χ4n) is 10.6. The van der Waals surface area contributed by atoms with Gasteiger partial charge in [-0.25, -0.2) is 0 Å². The van der Waals surface area contributed by atoms with Gasteiger partial charge in [-0.2, -0.15) is 0 Å². The number of fused-ring (bicyclic) bond motifs is 5. The van der Waals surface area contributed by atoms with Crippen molar-refractivity contribution in [3.8, 4) is 44.5 Å². The van der Waals surface area contributed by atoms with E-state index in [9.17, 15) is 0 Å². The van der Waals surface area contributed by atoms with Crippen LogP contribution in [0.15, 0.2) is 261 Å². The first-order valence-electron chi connectivity index (χ1n) is 22.2. The monoisotopic (exact) mass is 813 g/mol. The van der Waals surface area contributed by atoms with Crippen molar-refractivity contribution in [3.05, 3.63) is 283 Å². The summed E-state index contributed by atoms with van der Waals surface area (Å²) in [6.45, 7) is 0. The lowest BCUT2D eigenvalue weighted by Gasteiger charge is -2.35. The van der Waals surface area contributed by atoms with Crippen molar-refractivity contribution in [2.24, 2.45) is 0 Å². The van der Waals surface area contributed by atoms with E-state index in [-0.39, 0.29) is 0 Å². The molecule has 1 aliphatic carbocycles. The summed E-state index contributed by atoms with van der Waals surface area (Å²) in [4.78, 5) is 2.49. The van der Waals surface area contributed by atoms with Gasteiger partial charge in [0.15, 0.2) is 0 Å². The molecule has 0 saturated carbocycles. The summed E-state index contributed by atoms with van der Waals surface area (Å²) in [5.41, 5.74) is 17.5. The van der Waals surface area contributed by atoms with Gasteiger partial charge < -0.3 is 4.90 Å². The number of nitrogens with zero attached hydrogens (tertiary/aromatic N) is 1. The van der Waals surface area contributed by atoms with Crippen molar-refractivity contribution in [2.45, 2.75) is 5.41 Å². The van der Waals surface area contributed by atoms with Crippen molar-refractivity contribution in [1.82, 2.24) is 0 Å². The molecule has 0 bridgehead atoms. The Hall–Kier alpha value is -8.26. The third-order valence-corrected chi connectivity index (χ3v) is 13.3. The van der Waals surface area contributed by atoms with Crippen molar-refractivity contribution in [1.29, 1.82) is 0 Å². The van der Waals surface area contributed by atoms with Crippen LogP contribution in [0.5, 0.6) is 0 Å². The first-order chi connectivity index (χ1) is 31.8. The molecule has 11 aromatic rings. The second-order valence-electron chi connectivity index (χ2n) is 16.8. The maximum atomic E-state index is 2.49. The highest BCUT2D eigenvalue weighted by atomic mass is 15.1. The topological polar surface area (TPSA) is 3.24 Å². The molecule has 1 nitrogen and oxygen atoms in total. The highest BCUT2D eigenvalue weighted by molar-refractivity contribution is 6.09. The Morgan fingerprint density at radius 2 is 0.766 bits per heavy atom. The van der Waals surface area contributed by atoms with E-state index < -0.39 is 5.41 Å². The number of hydrogen-bond donors (Lipinski definition) is 0. The highest BCUT2D eigenvalue weighted by Crippen LogP contribution is 2.57. The van der Waals surface area contributed by atoms with E-state index >= 15 is 0 Å². The van der Waals surface area contributed by atoms with Crippen molar-refractivity contribution in [3.63, 3.8) is 0 Å². The molecular formula is C63H43N. The van der Waals surface area contributed by atoms with E-state index in [1.165, 1.54) is 82.7 Å². The predicted molar refractivity (Wildman–Crippen MR) is 270 cm³/mol. The molecule has 1 aliphatic rings. The molecular weight excluding hydrogens is 771 g/mol. The van der Waals surface area contributed by atoms with Crippen LogP contribution in [0.3, 0.4) is 0 Å². The Balaban J connectivity index is 1.13. The summed E-state index contributed by atoms with van der Waals surface area (Å²) < 4.78 is 0. The molecule has 0 amide bonds. The van der Waals surface area contributed by atoms with E-state index in [1.54, 1.807) is 0 Å². The van der Waals surface area contributed by atoms with Crippen molar-refractivity contribution >= 4 is 38.6 Å². The zero-order chi connectivity index (χ0) is 42.5. The molecule has 0 aliphatic heterocycles. The van der Waals surface area contributed by atoms with Crippen molar-refractivity contribution < 1.29 is 0 Å². The molecule has 12 rings (SSSR count). The van der Waals surface area contributed by atoms with Crippen LogP contribution in [0.1, 0.15) is 22.3 Å². The Kier molecular flexibility index (Phi) is 9.13. The van der Waals surface area contributed by atoms with Gasteiger partial charge in [0.1, 0.15) is 0 Å². The van der Waals surface area contributed by atoms with Gasteiger partial charge in [-0.05, 0) is 113 Å². The van der Waals surface area contributed by atoms with Gasteiger partial charge in [0.2, 0.25) is 0 Å². The second-order valence-corrected chi connectivity index (χ2v) is 16.8. The van der Waals surface area contributed by atoms with E-state index in [0.717, 1.165) is 22.6 Å². The van der Waals surface area contributed by atoms with Gasteiger partial charge in [0.05, 0.1) is 11.1 Å². The van der Waals surface area contributed by atoms with Crippen LogP contribution in [-0.4, -0.2) is 0 Å². The maximum absolute atomic E-state index is 2.49. The molecule has 11 aromatic carbocycles. The molecule has 64 heavy (non-hydrogen) atoms. The van der Waals surface area contributed by atoms with Crippen LogP contribution < -0.4 is 4.90 Å². The molecule has 0 N–H and O–H groups in total. The molecule has 0 fully saturated rings. The lowest BCUT2D eigenvalue weighted by atomic mass is 9.67. The zero-order valence-corrected chi connectivity index (χ0v) is 35.3. The summed E-state index contributed by atoms with van der Waals surface area (Å²) in [5.74, 6) is 0. The Bertz CT molecular complexity index is 3460. The zero-order valence-electron chi connectivity index (χ0n) is 35.3. The number of anilines is 3. The average molecular weight is 814 g/mol. The molecule has 0 unspecified atom stereocenters. The normalized spacial score (nSPS) is 12.5. The predicted octanol–water partition coefficient (Wildman–Crippen LogP) is 16.8. The Morgan fingerprint density at radius 1 is 0.281 bits per heavy atom. The third-order valence-electron chi connectivity index (χ3n) is 13.3. The minimum atomic E-state index is -0.541. The van der Waals surface area contributed by atoms with Crippen molar-refractivity contribution in [2.75, 3.05) is 4.90 Å². The fourth-order valence-corrected chi connectivity index (χ4v) is 10.6. The van der Waals surface area contributed by atoms with Crippen LogP contribution in [-0.2, 0) is 5.41 Å². The number of hydrogen-bond acceptors (Lipinski definition) is 1. The Morgan fingerprint density at radius 3 is 1.52 bits per heavy atom. The van der Waals surface area contributed by atoms with Crippen LogP contribution >= 0.6 is 0 Å². The molecule has 0 aromatic heterocycles. The maximum Gasteiger partial charge on any atom is 0.0714 e. The number of rotatable bonds is 8. The van der Waals surface area contributed by atoms with Gasteiger partial charge in [0, 0.05) is 16.9 Å². The first-order valence-corrected chi connectivity index (χ1v) is 22.2. The van der Waals surface area contributed by atoms with E-state index in [2.05, 4.69) is 266 Å². The van der Waals surface area contributed by atoms with E-state index in [4.69, 9.17) is 0 Å². The van der Waals surface area contributed by atoms with Crippen LogP contribution in [0.4, 0.5) is 17.1 Å². The minimum Gasteiger partial charge on any atom is -0.310 e. The fraction of sp³-hybridized carbons (Fsp3) is 0.0159. The quantitative estimate of drug-likeness (QED) is 0.148. The second kappa shape index (κ2) is 15.6. The van der Waals surface area contributed by atoms with Gasteiger partial charge in [-0.1, -0.05) is 231 Å². The summed E-state index contributed by atoms with van der Waals surface area (Å²) in [5, 5.41) is 4.92. The van der Waals surface area contributed by atoms with Gasteiger partial charge >= 0.3 is 0 Å². The number of benzene rings is 11. The molecule has 0 atom stereocenters. The largest absolute Gasteiger partial charge is 0.310 e. The van der Waals surface area contributed by atoms with E-state index in [0.29, 0.717) is 0 Å². The van der Waals surface area contributed by atoms with Gasteiger partial charge in [-0.15, -0.1) is 0 Å².